The van der Waals surface area contributed by atoms with Gasteiger partial charge >= 0.3 is 5.97 Å². The van der Waals surface area contributed by atoms with E-state index in [0.717, 1.165) is 64.2 Å². The Morgan fingerprint density at radius 3 is 1.20 bits per heavy atom. The number of carbonyl (C=O) groups excluding carboxylic acids is 2. The molecule has 0 aromatic rings. The fraction of sp³-hybridized carbons (Fsp3) is 0.846. The van der Waals surface area contributed by atoms with E-state index >= 15 is 0 Å². The molecule has 6 N–H and O–H groups in total. The van der Waals surface area contributed by atoms with E-state index in [1.165, 1.54) is 270 Å². The number of amides is 1. The Morgan fingerprint density at radius 2 is 0.764 bits per heavy atom. The monoisotopic (exact) mass is 1250 g/mol. The van der Waals surface area contributed by atoms with Crippen molar-refractivity contribution >= 4 is 11.9 Å². The molecular formula is C78H143NO10. The number of hydrogen-bond donors (Lipinski definition) is 6. The molecule has 1 fully saturated rings. The number of allylic oxidation sites excluding steroid dienone is 9. The van der Waals surface area contributed by atoms with Crippen molar-refractivity contribution in [3.63, 3.8) is 0 Å². The number of ether oxygens (including phenoxy) is 3. The molecule has 1 aliphatic heterocycles. The van der Waals surface area contributed by atoms with E-state index < -0.39 is 49.5 Å². The van der Waals surface area contributed by atoms with Gasteiger partial charge in [-0.3, -0.25) is 9.59 Å². The number of carbonyl (C=O) groups is 2. The lowest BCUT2D eigenvalue weighted by Crippen LogP contribution is -2.60. The molecule has 0 aromatic carbocycles. The third kappa shape index (κ3) is 55.5. The highest BCUT2D eigenvalue weighted by Crippen LogP contribution is 2.23. The molecule has 11 nitrogen and oxygen atoms in total. The van der Waals surface area contributed by atoms with E-state index in [9.17, 15) is 35.1 Å². The molecule has 1 aliphatic rings. The Kier molecular flexibility index (Phi) is 63.3. The van der Waals surface area contributed by atoms with Crippen molar-refractivity contribution in [2.75, 3.05) is 19.8 Å². The number of hydrogen-bond acceptors (Lipinski definition) is 10. The largest absolute Gasteiger partial charge is 0.466 e. The van der Waals surface area contributed by atoms with Crippen LogP contribution in [0, 0.1) is 0 Å². The summed E-state index contributed by atoms with van der Waals surface area (Å²) in [7, 11) is 0. The minimum atomic E-state index is -1.57. The average Bonchev–Trinajstić information content (AvgIpc) is 1.84. The van der Waals surface area contributed by atoms with Crippen LogP contribution in [0.4, 0.5) is 0 Å². The van der Waals surface area contributed by atoms with Gasteiger partial charge in [-0.2, -0.15) is 0 Å². The summed E-state index contributed by atoms with van der Waals surface area (Å²) in [4.78, 5) is 25.1. The summed E-state index contributed by atoms with van der Waals surface area (Å²) >= 11 is 0. The van der Waals surface area contributed by atoms with Crippen LogP contribution >= 0.6 is 0 Å². The average molecular weight is 1250 g/mol. The van der Waals surface area contributed by atoms with Gasteiger partial charge in [-0.25, -0.2) is 0 Å². The third-order valence-electron chi connectivity index (χ3n) is 17.8. The van der Waals surface area contributed by atoms with Crippen LogP contribution in [0.15, 0.2) is 60.8 Å². The van der Waals surface area contributed by atoms with Crippen molar-refractivity contribution in [2.45, 2.75) is 403 Å². The van der Waals surface area contributed by atoms with Crippen molar-refractivity contribution in [3.8, 4) is 0 Å². The smallest absolute Gasteiger partial charge is 0.305 e. The summed E-state index contributed by atoms with van der Waals surface area (Å²) in [6.07, 6.45) is 79.9. The molecule has 0 spiro atoms. The quantitative estimate of drug-likeness (QED) is 0.0195. The molecule has 0 aromatic heterocycles. The Morgan fingerprint density at radius 1 is 0.416 bits per heavy atom. The molecule has 1 rings (SSSR count). The SMILES string of the molecule is CCCCC/C=C/CC/C=C/C(O)C(COC1OC(CO)C(O)C(O)C1O)NC(=O)CCCCCCCCCCCCCCCCCCC/C=C\C/C=C\CCCCCCCCCCCCCCCCCOC(=O)CCCCCCC/C=C\CCCCCC. The first-order chi connectivity index (χ1) is 43.7. The van der Waals surface area contributed by atoms with E-state index in [1.807, 2.05) is 6.08 Å². The number of nitrogens with one attached hydrogen (secondary N) is 1. The maximum atomic E-state index is 13.0. The van der Waals surface area contributed by atoms with Crippen molar-refractivity contribution in [1.29, 1.82) is 0 Å². The second-order valence-corrected chi connectivity index (χ2v) is 26.3. The highest BCUT2D eigenvalue weighted by Gasteiger charge is 2.44. The molecule has 7 unspecified atom stereocenters. The molecule has 520 valence electrons. The van der Waals surface area contributed by atoms with Crippen LogP contribution in [0.5, 0.6) is 0 Å². The van der Waals surface area contributed by atoms with Gasteiger partial charge < -0.3 is 45.1 Å². The number of unbranched alkanes of at least 4 members (excludes halogenated alkanes) is 45. The third-order valence-corrected chi connectivity index (χ3v) is 17.8. The van der Waals surface area contributed by atoms with Gasteiger partial charge in [0, 0.05) is 12.8 Å². The predicted octanol–water partition coefficient (Wildman–Crippen LogP) is 20.1. The normalized spacial score (nSPS) is 18.0. The predicted molar refractivity (Wildman–Crippen MR) is 375 cm³/mol. The zero-order valence-corrected chi connectivity index (χ0v) is 57.9. The topological polar surface area (TPSA) is 175 Å². The number of rotatable bonds is 67. The number of aliphatic hydroxyl groups is 5. The summed E-state index contributed by atoms with van der Waals surface area (Å²) in [6.45, 7) is 4.29. The van der Waals surface area contributed by atoms with Crippen LogP contribution in [0.2, 0.25) is 0 Å². The van der Waals surface area contributed by atoms with E-state index in [4.69, 9.17) is 14.2 Å². The van der Waals surface area contributed by atoms with Gasteiger partial charge in [-0.05, 0) is 103 Å². The van der Waals surface area contributed by atoms with Crippen LogP contribution < -0.4 is 5.32 Å². The fourth-order valence-corrected chi connectivity index (χ4v) is 11.8. The Labute approximate surface area is 548 Å². The van der Waals surface area contributed by atoms with Crippen molar-refractivity contribution < 1.29 is 49.3 Å². The van der Waals surface area contributed by atoms with Crippen LogP contribution in [-0.2, 0) is 23.8 Å². The Bertz CT molecular complexity index is 1660. The van der Waals surface area contributed by atoms with Crippen LogP contribution in [0.1, 0.15) is 361 Å². The van der Waals surface area contributed by atoms with E-state index in [1.54, 1.807) is 6.08 Å². The Balaban J connectivity index is 1.88. The summed E-state index contributed by atoms with van der Waals surface area (Å²) in [6, 6.07) is -0.824. The van der Waals surface area contributed by atoms with Gasteiger partial charge in [0.25, 0.3) is 0 Å². The molecule has 0 saturated carbocycles. The van der Waals surface area contributed by atoms with Crippen molar-refractivity contribution in [1.82, 2.24) is 5.32 Å². The second kappa shape index (κ2) is 66.8. The minimum absolute atomic E-state index is 0.00507. The lowest BCUT2D eigenvalue weighted by molar-refractivity contribution is -0.302. The summed E-state index contributed by atoms with van der Waals surface area (Å²) < 4.78 is 16.7. The zero-order chi connectivity index (χ0) is 64.4. The standard InChI is InChI=1S/C78H143NO10/c1-3-5-7-9-11-13-14-42-46-50-54-58-62-66-74(83)87-67-63-59-55-51-47-44-41-39-37-35-33-31-29-27-25-23-21-19-17-15-16-18-20-22-24-26-28-30-32-34-36-38-40-43-45-49-53-57-61-65-73(82)79-70(71(81)64-60-56-52-48-12-10-8-6-4-2)69-88-78-77(86)76(85)75(84)72(68-80)89-78/h12-16,19,21,48,60,64,70-72,75-78,80-81,84-86H,3-11,17-18,20,22-47,49-59,61-63,65-69H2,1-2H3,(H,79,82)/b14-13-,16-15-,21-19-,48-12+,64-60+. The van der Waals surface area contributed by atoms with Gasteiger partial charge in [-0.15, -0.1) is 0 Å². The highest BCUT2D eigenvalue weighted by atomic mass is 16.7. The highest BCUT2D eigenvalue weighted by molar-refractivity contribution is 5.76. The molecular weight excluding hydrogens is 1110 g/mol. The van der Waals surface area contributed by atoms with Gasteiger partial charge in [-0.1, -0.05) is 306 Å². The lowest BCUT2D eigenvalue weighted by Gasteiger charge is -2.40. The zero-order valence-electron chi connectivity index (χ0n) is 57.9. The van der Waals surface area contributed by atoms with Crippen molar-refractivity contribution in [3.05, 3.63) is 60.8 Å². The summed E-state index contributed by atoms with van der Waals surface area (Å²) in [5, 5.41) is 54.3. The first-order valence-electron chi connectivity index (χ1n) is 38.1. The first-order valence-corrected chi connectivity index (χ1v) is 38.1. The van der Waals surface area contributed by atoms with Gasteiger partial charge in [0.15, 0.2) is 6.29 Å². The maximum absolute atomic E-state index is 13.0. The van der Waals surface area contributed by atoms with E-state index in [-0.39, 0.29) is 18.5 Å². The van der Waals surface area contributed by atoms with Gasteiger partial charge in [0.2, 0.25) is 5.91 Å². The Hall–Kier alpha value is -2.64. The van der Waals surface area contributed by atoms with E-state index in [2.05, 4.69) is 67.8 Å². The lowest BCUT2D eigenvalue weighted by atomic mass is 9.99. The minimum Gasteiger partial charge on any atom is -0.466 e. The van der Waals surface area contributed by atoms with Gasteiger partial charge in [0.1, 0.15) is 24.4 Å². The first kappa shape index (κ1) is 84.4. The molecule has 0 bridgehead atoms. The van der Waals surface area contributed by atoms with Crippen LogP contribution in [-0.4, -0.2) is 100 Å². The van der Waals surface area contributed by atoms with E-state index in [0.29, 0.717) is 19.4 Å². The second-order valence-electron chi connectivity index (χ2n) is 26.3. The molecule has 0 aliphatic carbocycles. The maximum Gasteiger partial charge on any atom is 0.305 e. The molecule has 7 atom stereocenters. The molecule has 1 saturated heterocycles. The molecule has 0 radical (unpaired) electrons. The van der Waals surface area contributed by atoms with Crippen LogP contribution in [0.3, 0.4) is 0 Å². The molecule has 11 heteroatoms. The van der Waals surface area contributed by atoms with Crippen LogP contribution in [0.25, 0.3) is 0 Å². The molecule has 1 heterocycles. The summed E-state index contributed by atoms with van der Waals surface area (Å²) in [5.41, 5.74) is 0. The fourth-order valence-electron chi connectivity index (χ4n) is 11.8. The molecule has 1 amide bonds. The number of esters is 1. The summed E-state index contributed by atoms with van der Waals surface area (Å²) in [5.74, 6) is -0.186. The van der Waals surface area contributed by atoms with Gasteiger partial charge in [0.05, 0.1) is 32.0 Å². The van der Waals surface area contributed by atoms with Crippen molar-refractivity contribution in [2.24, 2.45) is 0 Å². The molecule has 89 heavy (non-hydrogen) atoms. The number of aliphatic hydroxyl groups excluding tert-OH is 5.